The van der Waals surface area contributed by atoms with Crippen LogP contribution in [0.25, 0.3) is 0 Å². The van der Waals surface area contributed by atoms with Crippen molar-refractivity contribution >= 4 is 5.97 Å². The Morgan fingerprint density at radius 3 is 2.42 bits per heavy atom. The molecule has 0 N–H and O–H groups in total. The highest BCUT2D eigenvalue weighted by molar-refractivity contribution is 5.74. The van der Waals surface area contributed by atoms with Crippen LogP contribution < -0.4 is 0 Å². The maximum atomic E-state index is 11.7. The smallest absolute Gasteiger partial charge is 0.334 e. The first-order chi connectivity index (χ1) is 8.88. The number of ether oxygens (including phenoxy) is 2. The van der Waals surface area contributed by atoms with Gasteiger partial charge in [0.05, 0.1) is 13.2 Å². The Morgan fingerprint density at radius 1 is 1.21 bits per heavy atom. The number of benzene rings is 1. The summed E-state index contributed by atoms with van der Waals surface area (Å²) < 4.78 is 10.7. The Balaban J connectivity index is 2.25. The van der Waals surface area contributed by atoms with E-state index in [0.717, 1.165) is 12.0 Å². The van der Waals surface area contributed by atoms with E-state index in [0.29, 0.717) is 13.2 Å². The van der Waals surface area contributed by atoms with E-state index in [4.69, 9.17) is 9.47 Å². The zero-order valence-corrected chi connectivity index (χ0v) is 12.3. The molecule has 3 heteroatoms. The monoisotopic (exact) mass is 264 g/mol. The predicted molar refractivity (Wildman–Crippen MR) is 75.7 cm³/mol. The predicted octanol–water partition coefficient (Wildman–Crippen LogP) is 3.57. The largest absolute Gasteiger partial charge is 0.464 e. The van der Waals surface area contributed by atoms with Crippen molar-refractivity contribution in [1.82, 2.24) is 0 Å². The van der Waals surface area contributed by atoms with Gasteiger partial charge in [0.1, 0.15) is 0 Å². The number of carbonyl (C=O) groups is 1. The van der Waals surface area contributed by atoms with Crippen molar-refractivity contribution in [3.05, 3.63) is 35.9 Å². The maximum Gasteiger partial charge on any atom is 0.334 e. The van der Waals surface area contributed by atoms with E-state index in [9.17, 15) is 4.79 Å². The van der Waals surface area contributed by atoms with E-state index in [2.05, 4.69) is 20.8 Å². The third kappa shape index (κ3) is 6.97. The lowest BCUT2D eigenvalue weighted by molar-refractivity contribution is -0.157. The molecule has 0 aliphatic heterocycles. The van der Waals surface area contributed by atoms with Crippen molar-refractivity contribution in [3.8, 4) is 0 Å². The Hall–Kier alpha value is -1.35. The second-order valence-electron chi connectivity index (χ2n) is 5.92. The average Bonchev–Trinajstić information content (AvgIpc) is 2.35. The van der Waals surface area contributed by atoms with Gasteiger partial charge in [0, 0.05) is 0 Å². The summed E-state index contributed by atoms with van der Waals surface area (Å²) in [5.41, 5.74) is 1.23. The zero-order chi connectivity index (χ0) is 14.3. The standard InChI is InChI=1S/C16H24O3/c1-13(15(17)18-11-10-16(2,3)4)19-12-14-8-6-5-7-9-14/h5-9,13H,10-12H2,1-4H3. The van der Waals surface area contributed by atoms with Crippen LogP contribution >= 0.6 is 0 Å². The van der Waals surface area contributed by atoms with Crippen molar-refractivity contribution in [2.24, 2.45) is 5.41 Å². The molecular formula is C16H24O3. The van der Waals surface area contributed by atoms with Gasteiger partial charge in [-0.05, 0) is 24.3 Å². The fraction of sp³-hybridized carbons (Fsp3) is 0.562. The third-order valence-electron chi connectivity index (χ3n) is 2.77. The van der Waals surface area contributed by atoms with Gasteiger partial charge in [-0.1, -0.05) is 51.1 Å². The van der Waals surface area contributed by atoms with Crippen LogP contribution in [0.15, 0.2) is 30.3 Å². The molecule has 0 radical (unpaired) electrons. The van der Waals surface area contributed by atoms with Gasteiger partial charge in [-0.2, -0.15) is 0 Å². The van der Waals surface area contributed by atoms with Gasteiger partial charge < -0.3 is 9.47 Å². The highest BCUT2D eigenvalue weighted by Crippen LogP contribution is 2.18. The molecule has 0 heterocycles. The molecule has 0 fully saturated rings. The van der Waals surface area contributed by atoms with Crippen LogP contribution in [-0.4, -0.2) is 18.7 Å². The van der Waals surface area contributed by atoms with Crippen molar-refractivity contribution in [1.29, 1.82) is 0 Å². The number of hydrogen-bond acceptors (Lipinski definition) is 3. The summed E-state index contributed by atoms with van der Waals surface area (Å²) in [6.45, 7) is 8.96. The molecule has 1 rings (SSSR count). The van der Waals surface area contributed by atoms with Gasteiger partial charge in [-0.15, -0.1) is 0 Å². The molecule has 19 heavy (non-hydrogen) atoms. The van der Waals surface area contributed by atoms with Crippen molar-refractivity contribution in [2.75, 3.05) is 6.61 Å². The molecule has 0 aliphatic rings. The molecule has 0 spiro atoms. The molecule has 0 bridgehead atoms. The average molecular weight is 264 g/mol. The van der Waals surface area contributed by atoms with Crippen LogP contribution in [0, 0.1) is 5.41 Å². The first-order valence-corrected chi connectivity index (χ1v) is 6.71. The second kappa shape index (κ2) is 7.29. The quantitative estimate of drug-likeness (QED) is 0.737. The van der Waals surface area contributed by atoms with Gasteiger partial charge in [-0.25, -0.2) is 4.79 Å². The molecule has 106 valence electrons. The van der Waals surface area contributed by atoms with Crippen molar-refractivity contribution < 1.29 is 14.3 Å². The van der Waals surface area contributed by atoms with Crippen LogP contribution in [-0.2, 0) is 20.9 Å². The minimum absolute atomic E-state index is 0.175. The molecule has 0 aromatic heterocycles. The van der Waals surface area contributed by atoms with Gasteiger partial charge in [0.2, 0.25) is 0 Å². The molecule has 1 aromatic carbocycles. The van der Waals surface area contributed by atoms with E-state index in [1.165, 1.54) is 0 Å². The lowest BCUT2D eigenvalue weighted by atomic mass is 9.93. The minimum Gasteiger partial charge on any atom is -0.464 e. The normalized spacial score (nSPS) is 13.1. The van der Waals surface area contributed by atoms with E-state index >= 15 is 0 Å². The van der Waals surface area contributed by atoms with Crippen LogP contribution in [0.1, 0.15) is 39.7 Å². The minimum atomic E-state index is -0.528. The molecule has 0 aliphatic carbocycles. The highest BCUT2D eigenvalue weighted by atomic mass is 16.6. The van der Waals surface area contributed by atoms with Gasteiger partial charge in [0.25, 0.3) is 0 Å². The van der Waals surface area contributed by atoms with E-state index in [1.54, 1.807) is 6.92 Å². The molecular weight excluding hydrogens is 240 g/mol. The van der Waals surface area contributed by atoms with Crippen LogP contribution in [0.3, 0.4) is 0 Å². The fourth-order valence-corrected chi connectivity index (χ4v) is 1.44. The number of carbonyl (C=O) groups excluding carboxylic acids is 1. The topological polar surface area (TPSA) is 35.5 Å². The Labute approximate surface area is 115 Å². The van der Waals surface area contributed by atoms with E-state index in [-0.39, 0.29) is 11.4 Å². The maximum absolute atomic E-state index is 11.7. The Morgan fingerprint density at radius 2 is 1.84 bits per heavy atom. The fourth-order valence-electron chi connectivity index (χ4n) is 1.44. The summed E-state index contributed by atoms with van der Waals surface area (Å²) >= 11 is 0. The van der Waals surface area contributed by atoms with Crippen LogP contribution in [0.5, 0.6) is 0 Å². The highest BCUT2D eigenvalue weighted by Gasteiger charge is 2.17. The van der Waals surface area contributed by atoms with Crippen molar-refractivity contribution in [2.45, 2.75) is 46.8 Å². The molecule has 1 aromatic rings. The van der Waals surface area contributed by atoms with Gasteiger partial charge in [-0.3, -0.25) is 0 Å². The van der Waals surface area contributed by atoms with Gasteiger partial charge in [0.15, 0.2) is 6.10 Å². The summed E-state index contributed by atoms with van der Waals surface area (Å²) in [6, 6.07) is 9.79. The Bertz CT molecular complexity index is 379. The molecule has 0 saturated carbocycles. The summed E-state index contributed by atoms with van der Waals surface area (Å²) in [6.07, 6.45) is 0.324. The molecule has 1 unspecified atom stereocenters. The third-order valence-corrected chi connectivity index (χ3v) is 2.77. The lowest BCUT2D eigenvalue weighted by Crippen LogP contribution is -2.24. The molecule has 3 nitrogen and oxygen atoms in total. The first-order valence-electron chi connectivity index (χ1n) is 6.71. The van der Waals surface area contributed by atoms with Crippen molar-refractivity contribution in [3.63, 3.8) is 0 Å². The van der Waals surface area contributed by atoms with E-state index in [1.807, 2.05) is 30.3 Å². The Kier molecular flexibility index (Phi) is 6.03. The number of rotatable bonds is 6. The summed E-state index contributed by atoms with van der Waals surface area (Å²) in [7, 11) is 0. The SMILES string of the molecule is CC(OCc1ccccc1)C(=O)OCCC(C)(C)C. The summed E-state index contributed by atoms with van der Waals surface area (Å²) in [5.74, 6) is -0.291. The van der Waals surface area contributed by atoms with E-state index < -0.39 is 6.10 Å². The van der Waals surface area contributed by atoms with Gasteiger partial charge >= 0.3 is 5.97 Å². The zero-order valence-electron chi connectivity index (χ0n) is 12.3. The number of hydrogen-bond donors (Lipinski definition) is 0. The summed E-state index contributed by atoms with van der Waals surface area (Å²) in [4.78, 5) is 11.7. The molecule has 1 atom stereocenters. The van der Waals surface area contributed by atoms with Crippen LogP contribution in [0.4, 0.5) is 0 Å². The summed E-state index contributed by atoms with van der Waals surface area (Å²) in [5, 5.41) is 0. The second-order valence-corrected chi connectivity index (χ2v) is 5.92. The lowest BCUT2D eigenvalue weighted by Gasteiger charge is -2.18. The van der Waals surface area contributed by atoms with Crippen LogP contribution in [0.2, 0.25) is 0 Å². The molecule has 0 amide bonds. The molecule has 0 saturated heterocycles. The first kappa shape index (κ1) is 15.7. The number of esters is 1.